The van der Waals surface area contributed by atoms with Crippen molar-refractivity contribution in [2.24, 2.45) is 11.8 Å². The van der Waals surface area contributed by atoms with E-state index < -0.39 is 0 Å². The first-order chi connectivity index (χ1) is 8.68. The van der Waals surface area contributed by atoms with Gasteiger partial charge in [0.1, 0.15) is 0 Å². The number of benzene rings is 1. The molecule has 0 aromatic heterocycles. The van der Waals surface area contributed by atoms with Crippen LogP contribution in [0.15, 0.2) is 24.3 Å². The minimum atomic E-state index is 0.295. The Labute approximate surface area is 109 Å². The predicted molar refractivity (Wildman–Crippen MR) is 73.7 cm³/mol. The van der Waals surface area contributed by atoms with Gasteiger partial charge in [-0.2, -0.15) is 0 Å². The number of carbonyl (C=O) groups excluding carboxylic acids is 1. The third-order valence-corrected chi connectivity index (χ3v) is 4.53. The van der Waals surface area contributed by atoms with E-state index in [1.165, 1.54) is 12.0 Å². The Balaban J connectivity index is 1.91. The van der Waals surface area contributed by atoms with E-state index in [2.05, 4.69) is 32.0 Å². The molecule has 1 unspecified atom stereocenters. The summed E-state index contributed by atoms with van der Waals surface area (Å²) in [6, 6.07) is 8.43. The Kier molecular flexibility index (Phi) is 2.89. The minimum Gasteiger partial charge on any atom is -0.311 e. The lowest BCUT2D eigenvalue weighted by molar-refractivity contribution is -0.124. The van der Waals surface area contributed by atoms with Gasteiger partial charge < -0.3 is 4.90 Å². The number of rotatable bonds is 2. The van der Waals surface area contributed by atoms with Crippen LogP contribution in [0.5, 0.6) is 0 Å². The first kappa shape index (κ1) is 11.8. The average Bonchev–Trinajstić information content (AvgIpc) is 2.66. The molecular formula is C16H21NO. The van der Waals surface area contributed by atoms with E-state index in [0.717, 1.165) is 25.1 Å². The molecule has 1 amide bonds. The maximum absolute atomic E-state index is 12.5. The second-order valence-electron chi connectivity index (χ2n) is 5.99. The highest BCUT2D eigenvalue weighted by molar-refractivity contribution is 5.97. The summed E-state index contributed by atoms with van der Waals surface area (Å²) in [5, 5.41) is 0. The number of nitrogens with zero attached hydrogens (tertiary/aromatic N) is 1. The van der Waals surface area contributed by atoms with Gasteiger partial charge in [0.05, 0.1) is 0 Å². The molecule has 0 N–H and O–H groups in total. The van der Waals surface area contributed by atoms with Gasteiger partial charge in [-0.1, -0.05) is 38.5 Å². The number of fused-ring (bicyclic) bond motifs is 1. The standard InChI is InChI=1S/C16H21NO/c1-11(2)14-10-17(16(18)12-6-5-7-12)15-9-4-3-8-13(14)15/h3-4,8-9,11-12,14H,5-7,10H2,1-2H3. The maximum Gasteiger partial charge on any atom is 0.230 e. The number of hydrogen-bond acceptors (Lipinski definition) is 1. The van der Waals surface area contributed by atoms with Crippen LogP contribution in [0.2, 0.25) is 0 Å². The largest absolute Gasteiger partial charge is 0.311 e. The zero-order valence-electron chi connectivity index (χ0n) is 11.2. The fourth-order valence-corrected chi connectivity index (χ4v) is 3.09. The second kappa shape index (κ2) is 4.42. The summed E-state index contributed by atoms with van der Waals surface area (Å²) in [5.41, 5.74) is 2.52. The number of hydrogen-bond donors (Lipinski definition) is 0. The highest BCUT2D eigenvalue weighted by atomic mass is 16.2. The number of anilines is 1. The van der Waals surface area contributed by atoms with Gasteiger partial charge in [0, 0.05) is 24.1 Å². The summed E-state index contributed by atoms with van der Waals surface area (Å²) < 4.78 is 0. The third-order valence-electron chi connectivity index (χ3n) is 4.53. The molecule has 0 spiro atoms. The number of carbonyl (C=O) groups is 1. The average molecular weight is 243 g/mol. The van der Waals surface area contributed by atoms with Gasteiger partial charge in [-0.25, -0.2) is 0 Å². The Morgan fingerprint density at radius 2 is 2.00 bits per heavy atom. The van der Waals surface area contributed by atoms with Gasteiger partial charge in [0.2, 0.25) is 5.91 Å². The smallest absolute Gasteiger partial charge is 0.230 e. The fraction of sp³-hybridized carbons (Fsp3) is 0.562. The Morgan fingerprint density at radius 1 is 1.28 bits per heavy atom. The van der Waals surface area contributed by atoms with Crippen LogP contribution in [0, 0.1) is 11.8 Å². The topological polar surface area (TPSA) is 20.3 Å². The second-order valence-corrected chi connectivity index (χ2v) is 5.99. The normalized spacial score (nSPS) is 23.1. The molecule has 96 valence electrons. The van der Waals surface area contributed by atoms with E-state index in [1.54, 1.807) is 0 Å². The molecule has 1 aliphatic carbocycles. The van der Waals surface area contributed by atoms with Gasteiger partial charge in [-0.15, -0.1) is 0 Å². The van der Waals surface area contributed by atoms with Crippen molar-refractivity contribution in [1.29, 1.82) is 0 Å². The molecule has 1 fully saturated rings. The summed E-state index contributed by atoms with van der Waals surface area (Å²) in [4.78, 5) is 14.5. The molecule has 2 nitrogen and oxygen atoms in total. The van der Waals surface area contributed by atoms with Crippen molar-refractivity contribution in [2.75, 3.05) is 11.4 Å². The van der Waals surface area contributed by atoms with E-state index in [9.17, 15) is 4.79 Å². The third kappa shape index (κ3) is 1.75. The lowest BCUT2D eigenvalue weighted by atomic mass is 9.84. The van der Waals surface area contributed by atoms with Crippen LogP contribution in [0.25, 0.3) is 0 Å². The van der Waals surface area contributed by atoms with Crippen molar-refractivity contribution in [1.82, 2.24) is 0 Å². The molecule has 18 heavy (non-hydrogen) atoms. The van der Waals surface area contributed by atoms with E-state index in [-0.39, 0.29) is 0 Å². The molecule has 1 aliphatic heterocycles. The van der Waals surface area contributed by atoms with Crippen LogP contribution >= 0.6 is 0 Å². The molecule has 2 aliphatic rings. The zero-order chi connectivity index (χ0) is 12.7. The van der Waals surface area contributed by atoms with Gasteiger partial charge in [-0.3, -0.25) is 4.79 Å². The van der Waals surface area contributed by atoms with Crippen LogP contribution in [-0.2, 0) is 4.79 Å². The lowest BCUT2D eigenvalue weighted by Crippen LogP contribution is -2.38. The Hall–Kier alpha value is -1.31. The predicted octanol–water partition coefficient (Wildman–Crippen LogP) is 3.57. The molecule has 1 saturated carbocycles. The summed E-state index contributed by atoms with van der Waals surface area (Å²) in [6.45, 7) is 5.38. The van der Waals surface area contributed by atoms with Crippen LogP contribution in [0.1, 0.15) is 44.6 Å². The quantitative estimate of drug-likeness (QED) is 0.777. The molecule has 0 radical (unpaired) electrons. The van der Waals surface area contributed by atoms with Gasteiger partial charge in [0.15, 0.2) is 0 Å². The van der Waals surface area contributed by atoms with Gasteiger partial charge in [-0.05, 0) is 30.4 Å². The molecule has 1 aromatic rings. The summed E-state index contributed by atoms with van der Waals surface area (Å²) in [5.74, 6) is 1.75. The highest BCUT2D eigenvalue weighted by Crippen LogP contribution is 2.42. The first-order valence-corrected chi connectivity index (χ1v) is 7.09. The van der Waals surface area contributed by atoms with E-state index in [1.807, 2.05) is 11.0 Å². The van der Waals surface area contributed by atoms with Crippen molar-refractivity contribution in [3.05, 3.63) is 29.8 Å². The van der Waals surface area contributed by atoms with Gasteiger partial charge >= 0.3 is 0 Å². The van der Waals surface area contributed by atoms with E-state index in [4.69, 9.17) is 0 Å². The van der Waals surface area contributed by atoms with E-state index >= 15 is 0 Å². The summed E-state index contributed by atoms with van der Waals surface area (Å²) >= 11 is 0. The van der Waals surface area contributed by atoms with Crippen molar-refractivity contribution >= 4 is 11.6 Å². The SMILES string of the molecule is CC(C)C1CN(C(=O)C2CCC2)c2ccccc21. The number of amides is 1. The maximum atomic E-state index is 12.5. The Morgan fingerprint density at radius 3 is 2.61 bits per heavy atom. The van der Waals surface area contributed by atoms with Crippen LogP contribution in [-0.4, -0.2) is 12.5 Å². The van der Waals surface area contributed by atoms with Crippen molar-refractivity contribution in [2.45, 2.75) is 39.0 Å². The Bertz CT molecular complexity index is 462. The minimum absolute atomic E-state index is 0.295. The molecule has 0 bridgehead atoms. The summed E-state index contributed by atoms with van der Waals surface area (Å²) in [7, 11) is 0. The molecule has 1 aromatic carbocycles. The van der Waals surface area contributed by atoms with E-state index in [0.29, 0.717) is 23.7 Å². The van der Waals surface area contributed by atoms with Gasteiger partial charge in [0.25, 0.3) is 0 Å². The van der Waals surface area contributed by atoms with Crippen LogP contribution in [0.3, 0.4) is 0 Å². The number of para-hydroxylation sites is 1. The fourth-order valence-electron chi connectivity index (χ4n) is 3.09. The van der Waals surface area contributed by atoms with Crippen molar-refractivity contribution in [3.8, 4) is 0 Å². The van der Waals surface area contributed by atoms with Crippen LogP contribution in [0.4, 0.5) is 5.69 Å². The first-order valence-electron chi connectivity index (χ1n) is 7.09. The molecule has 0 saturated heterocycles. The molecule has 1 heterocycles. The van der Waals surface area contributed by atoms with Crippen molar-refractivity contribution < 1.29 is 4.79 Å². The lowest BCUT2D eigenvalue weighted by Gasteiger charge is -2.29. The zero-order valence-corrected chi connectivity index (χ0v) is 11.2. The molecular weight excluding hydrogens is 222 g/mol. The molecule has 1 atom stereocenters. The van der Waals surface area contributed by atoms with Crippen LogP contribution < -0.4 is 4.90 Å². The summed E-state index contributed by atoms with van der Waals surface area (Å²) in [6.07, 6.45) is 3.40. The van der Waals surface area contributed by atoms with Crippen molar-refractivity contribution in [3.63, 3.8) is 0 Å². The molecule has 3 rings (SSSR count). The highest BCUT2D eigenvalue weighted by Gasteiger charge is 2.37. The monoisotopic (exact) mass is 243 g/mol. The molecule has 2 heteroatoms.